The van der Waals surface area contributed by atoms with Gasteiger partial charge in [-0.25, -0.2) is 17.4 Å². The molecule has 0 aromatic carbocycles. The van der Waals surface area contributed by atoms with Crippen LogP contribution in [0.4, 0.5) is 0 Å². The lowest BCUT2D eigenvalue weighted by atomic mass is 9.98. The van der Waals surface area contributed by atoms with Gasteiger partial charge in [-0.2, -0.15) is 0 Å². The summed E-state index contributed by atoms with van der Waals surface area (Å²) in [4.78, 5) is 4.20. The zero-order chi connectivity index (χ0) is 14.4. The quantitative estimate of drug-likeness (QED) is 0.854. The molecule has 2 aromatic heterocycles. The van der Waals surface area contributed by atoms with Crippen molar-refractivity contribution in [2.24, 2.45) is 0 Å². The first kappa shape index (κ1) is 13.1. The van der Waals surface area contributed by atoms with Crippen LogP contribution in [0.1, 0.15) is 20.3 Å². The van der Waals surface area contributed by atoms with Gasteiger partial charge in [0.15, 0.2) is 5.65 Å². The zero-order valence-corrected chi connectivity index (χ0v) is 12.3. The topological polar surface area (TPSA) is 52.0 Å². The zero-order valence-electron chi connectivity index (χ0n) is 11.4. The molecule has 104 valence electrons. The standard InChI is InChI=1S/C15H16N2O2S/c1-12-5-3-8-15(2,11-12)20(18,19)17-10-7-13-6-4-9-16-14(13)17/h3-7,9-11H,8H2,1-2H3. The van der Waals surface area contributed by atoms with E-state index in [1.54, 1.807) is 31.5 Å². The molecule has 1 aliphatic carbocycles. The van der Waals surface area contributed by atoms with E-state index in [1.807, 2.05) is 31.2 Å². The van der Waals surface area contributed by atoms with E-state index in [0.717, 1.165) is 11.0 Å². The first-order valence-corrected chi connectivity index (χ1v) is 7.91. The van der Waals surface area contributed by atoms with Crippen molar-refractivity contribution in [3.05, 3.63) is 54.4 Å². The van der Waals surface area contributed by atoms with E-state index in [-0.39, 0.29) is 0 Å². The molecule has 5 heteroatoms. The Bertz CT molecular complexity index is 830. The number of nitrogens with zero attached hydrogens (tertiary/aromatic N) is 2. The summed E-state index contributed by atoms with van der Waals surface area (Å²) in [5, 5.41) is 0.826. The van der Waals surface area contributed by atoms with Gasteiger partial charge in [0.05, 0.1) is 0 Å². The molecule has 2 aromatic rings. The van der Waals surface area contributed by atoms with Gasteiger partial charge in [0, 0.05) is 17.8 Å². The lowest BCUT2D eigenvalue weighted by molar-refractivity contribution is 0.553. The van der Waals surface area contributed by atoms with Crippen molar-refractivity contribution in [1.82, 2.24) is 8.96 Å². The van der Waals surface area contributed by atoms with Crippen molar-refractivity contribution in [2.75, 3.05) is 0 Å². The minimum Gasteiger partial charge on any atom is -0.237 e. The Morgan fingerprint density at radius 2 is 2.15 bits per heavy atom. The van der Waals surface area contributed by atoms with E-state index in [1.165, 1.54) is 3.97 Å². The van der Waals surface area contributed by atoms with Crippen LogP contribution in [0, 0.1) is 0 Å². The second-order valence-corrected chi connectivity index (χ2v) is 7.62. The molecule has 1 unspecified atom stereocenters. The van der Waals surface area contributed by atoms with Crippen LogP contribution in [-0.4, -0.2) is 22.1 Å². The first-order valence-electron chi connectivity index (χ1n) is 6.47. The third-order valence-electron chi connectivity index (χ3n) is 3.70. The molecule has 3 rings (SSSR count). The van der Waals surface area contributed by atoms with Gasteiger partial charge < -0.3 is 0 Å². The van der Waals surface area contributed by atoms with E-state index in [9.17, 15) is 8.42 Å². The van der Waals surface area contributed by atoms with Gasteiger partial charge in [0.25, 0.3) is 0 Å². The predicted octanol–water partition coefficient (Wildman–Crippen LogP) is 2.88. The van der Waals surface area contributed by atoms with Crippen LogP contribution in [-0.2, 0) is 10.0 Å². The number of aromatic nitrogens is 2. The summed E-state index contributed by atoms with van der Waals surface area (Å²) in [6, 6.07) is 5.44. The van der Waals surface area contributed by atoms with Crippen molar-refractivity contribution in [3.63, 3.8) is 0 Å². The molecule has 20 heavy (non-hydrogen) atoms. The van der Waals surface area contributed by atoms with Crippen molar-refractivity contribution in [1.29, 1.82) is 0 Å². The van der Waals surface area contributed by atoms with Crippen LogP contribution in [0.2, 0.25) is 0 Å². The third kappa shape index (κ3) is 1.81. The Labute approximate surface area is 118 Å². The molecule has 0 saturated heterocycles. The van der Waals surface area contributed by atoms with Crippen LogP contribution in [0.5, 0.6) is 0 Å². The molecule has 1 aliphatic rings. The number of fused-ring (bicyclic) bond motifs is 1. The summed E-state index contributed by atoms with van der Waals surface area (Å²) in [6.07, 6.45) is 9.34. The fraction of sp³-hybridized carbons (Fsp3) is 0.267. The maximum atomic E-state index is 13.0. The van der Waals surface area contributed by atoms with Crippen molar-refractivity contribution in [3.8, 4) is 0 Å². The van der Waals surface area contributed by atoms with Crippen LogP contribution in [0.3, 0.4) is 0 Å². The van der Waals surface area contributed by atoms with Crippen molar-refractivity contribution >= 4 is 21.1 Å². The minimum absolute atomic E-state index is 0.471. The maximum Gasteiger partial charge on any atom is 0.249 e. The lowest BCUT2D eigenvalue weighted by Crippen LogP contribution is -2.38. The maximum absolute atomic E-state index is 13.0. The number of hydrogen-bond acceptors (Lipinski definition) is 3. The first-order chi connectivity index (χ1) is 9.44. The molecular formula is C15H16N2O2S. The molecule has 0 fully saturated rings. The minimum atomic E-state index is -3.55. The summed E-state index contributed by atoms with van der Waals surface area (Å²) in [5.74, 6) is 0. The van der Waals surface area contributed by atoms with Crippen LogP contribution in [0.25, 0.3) is 11.0 Å². The average molecular weight is 288 g/mol. The Kier molecular flexibility index (Phi) is 2.83. The second-order valence-electron chi connectivity index (χ2n) is 5.34. The Hall–Kier alpha value is -1.88. The van der Waals surface area contributed by atoms with Crippen LogP contribution in [0.15, 0.2) is 54.4 Å². The highest BCUT2D eigenvalue weighted by Gasteiger charge is 2.39. The smallest absolute Gasteiger partial charge is 0.237 e. The monoisotopic (exact) mass is 288 g/mol. The molecule has 1 atom stereocenters. The van der Waals surface area contributed by atoms with Crippen LogP contribution < -0.4 is 0 Å². The van der Waals surface area contributed by atoms with Gasteiger partial charge in [0.1, 0.15) is 4.75 Å². The molecule has 0 aliphatic heterocycles. The summed E-state index contributed by atoms with van der Waals surface area (Å²) in [6.45, 7) is 3.67. The number of hydrogen-bond donors (Lipinski definition) is 0. The molecule has 0 amide bonds. The average Bonchev–Trinajstić information content (AvgIpc) is 2.82. The highest BCUT2D eigenvalue weighted by molar-refractivity contribution is 7.91. The van der Waals surface area contributed by atoms with Gasteiger partial charge in [-0.3, -0.25) is 0 Å². The molecule has 0 bridgehead atoms. The Balaban J connectivity index is 2.20. The summed E-state index contributed by atoms with van der Waals surface area (Å²) >= 11 is 0. The van der Waals surface area contributed by atoms with Gasteiger partial charge in [-0.15, -0.1) is 0 Å². The Morgan fingerprint density at radius 3 is 2.90 bits per heavy atom. The number of pyridine rings is 1. The van der Waals surface area contributed by atoms with Gasteiger partial charge in [-0.05, 0) is 38.5 Å². The highest BCUT2D eigenvalue weighted by Crippen LogP contribution is 2.32. The fourth-order valence-corrected chi connectivity index (χ4v) is 4.30. The van der Waals surface area contributed by atoms with E-state index in [0.29, 0.717) is 12.1 Å². The Morgan fingerprint density at radius 1 is 1.35 bits per heavy atom. The molecule has 0 N–H and O–H groups in total. The fourth-order valence-electron chi connectivity index (χ4n) is 2.61. The molecule has 0 saturated carbocycles. The van der Waals surface area contributed by atoms with Gasteiger partial charge >= 0.3 is 0 Å². The SMILES string of the molecule is CC1=CC(C)(S(=O)(=O)n2ccc3cccnc32)CC=C1. The molecule has 4 nitrogen and oxygen atoms in total. The largest absolute Gasteiger partial charge is 0.249 e. The number of allylic oxidation sites excluding steroid dienone is 3. The molecule has 0 spiro atoms. The molecular weight excluding hydrogens is 272 g/mol. The lowest BCUT2D eigenvalue weighted by Gasteiger charge is -2.28. The van der Waals surface area contributed by atoms with Gasteiger partial charge in [0.2, 0.25) is 10.0 Å². The van der Waals surface area contributed by atoms with E-state index in [4.69, 9.17) is 0 Å². The second kappa shape index (κ2) is 4.31. The van der Waals surface area contributed by atoms with E-state index < -0.39 is 14.8 Å². The third-order valence-corrected chi connectivity index (χ3v) is 5.98. The number of rotatable bonds is 2. The normalized spacial score (nSPS) is 23.0. The van der Waals surface area contributed by atoms with Crippen molar-refractivity contribution in [2.45, 2.75) is 25.0 Å². The predicted molar refractivity (Wildman–Crippen MR) is 80.0 cm³/mol. The van der Waals surface area contributed by atoms with E-state index >= 15 is 0 Å². The molecule has 0 radical (unpaired) electrons. The summed E-state index contributed by atoms with van der Waals surface area (Å²) in [7, 11) is -3.55. The summed E-state index contributed by atoms with van der Waals surface area (Å²) in [5.41, 5.74) is 1.45. The molecule has 2 heterocycles. The van der Waals surface area contributed by atoms with Gasteiger partial charge in [-0.1, -0.05) is 23.8 Å². The highest BCUT2D eigenvalue weighted by atomic mass is 32.2. The summed E-state index contributed by atoms with van der Waals surface area (Å²) < 4.78 is 26.3. The van der Waals surface area contributed by atoms with Crippen molar-refractivity contribution < 1.29 is 8.42 Å². The van der Waals surface area contributed by atoms with E-state index in [2.05, 4.69) is 4.98 Å². The van der Waals surface area contributed by atoms with Crippen LogP contribution >= 0.6 is 0 Å².